The molecule has 1 N–H and O–H groups in total. The fourth-order valence-electron chi connectivity index (χ4n) is 4.32. The summed E-state index contributed by atoms with van der Waals surface area (Å²) in [4.78, 5) is 21.0. The molecule has 8 heteroatoms. The van der Waals surface area contributed by atoms with Gasteiger partial charge in [-0.3, -0.25) is 9.89 Å². The molecule has 2 saturated heterocycles. The van der Waals surface area contributed by atoms with Gasteiger partial charge in [0.05, 0.1) is 6.54 Å². The van der Waals surface area contributed by atoms with Gasteiger partial charge in [0.1, 0.15) is 0 Å². The number of halogens is 1. The lowest BCUT2D eigenvalue weighted by Gasteiger charge is -2.36. The van der Waals surface area contributed by atoms with Crippen LogP contribution in [0, 0.1) is 0 Å². The van der Waals surface area contributed by atoms with Crippen LogP contribution in [0.5, 0.6) is 0 Å². The Balaban J connectivity index is 0.00000272. The van der Waals surface area contributed by atoms with Crippen LogP contribution < -0.4 is 10.2 Å². The minimum atomic E-state index is 0. The van der Waals surface area contributed by atoms with Crippen molar-refractivity contribution in [2.45, 2.75) is 32.4 Å². The third kappa shape index (κ3) is 6.52. The van der Waals surface area contributed by atoms with E-state index in [0.29, 0.717) is 6.04 Å². The molecular weight excluding hydrogens is 501 g/mol. The summed E-state index contributed by atoms with van der Waals surface area (Å²) in [6.45, 7) is 9.77. The zero-order chi connectivity index (χ0) is 20.6. The SMILES string of the molecule is CCNC(=NCC1CCCN1Cc1ccccc1)N1CCN(c2ncccn2)CC1.I. The zero-order valence-corrected chi connectivity index (χ0v) is 20.7. The van der Waals surface area contributed by atoms with E-state index in [1.807, 2.05) is 18.5 Å². The Morgan fingerprint density at radius 2 is 1.77 bits per heavy atom. The minimum absolute atomic E-state index is 0. The number of anilines is 1. The van der Waals surface area contributed by atoms with Crippen molar-refractivity contribution in [1.29, 1.82) is 0 Å². The molecule has 2 fully saturated rings. The highest BCUT2D eigenvalue weighted by atomic mass is 127. The molecule has 0 saturated carbocycles. The van der Waals surface area contributed by atoms with E-state index < -0.39 is 0 Å². The monoisotopic (exact) mass is 535 g/mol. The van der Waals surface area contributed by atoms with Crippen molar-refractivity contribution in [1.82, 2.24) is 25.1 Å². The predicted octanol–water partition coefficient (Wildman–Crippen LogP) is 2.85. The Bertz CT molecular complexity index is 794. The van der Waals surface area contributed by atoms with Crippen LogP contribution in [-0.2, 0) is 6.54 Å². The highest BCUT2D eigenvalue weighted by molar-refractivity contribution is 14.0. The molecule has 0 bridgehead atoms. The Morgan fingerprint density at radius 3 is 2.48 bits per heavy atom. The largest absolute Gasteiger partial charge is 0.357 e. The highest BCUT2D eigenvalue weighted by Crippen LogP contribution is 2.20. The Labute approximate surface area is 203 Å². The van der Waals surface area contributed by atoms with Crippen LogP contribution in [0.2, 0.25) is 0 Å². The second-order valence-corrected chi connectivity index (χ2v) is 7.97. The zero-order valence-electron chi connectivity index (χ0n) is 18.4. The first-order chi connectivity index (χ1) is 14.8. The average molecular weight is 535 g/mol. The van der Waals surface area contributed by atoms with Gasteiger partial charge in [-0.15, -0.1) is 24.0 Å². The predicted molar refractivity (Wildman–Crippen MR) is 137 cm³/mol. The number of hydrogen-bond donors (Lipinski definition) is 1. The summed E-state index contributed by atoms with van der Waals surface area (Å²) in [6.07, 6.45) is 6.11. The molecule has 1 aromatic heterocycles. The molecular formula is C23H34IN7. The Morgan fingerprint density at radius 1 is 1.03 bits per heavy atom. The van der Waals surface area contributed by atoms with Gasteiger partial charge in [0, 0.05) is 57.7 Å². The number of piperazine rings is 1. The van der Waals surface area contributed by atoms with Crippen LogP contribution in [0.25, 0.3) is 0 Å². The third-order valence-corrected chi connectivity index (χ3v) is 5.93. The lowest BCUT2D eigenvalue weighted by molar-refractivity contribution is 0.249. The van der Waals surface area contributed by atoms with Gasteiger partial charge in [-0.1, -0.05) is 30.3 Å². The lowest BCUT2D eigenvalue weighted by atomic mass is 10.2. The number of guanidine groups is 1. The number of aliphatic imine (C=N–C) groups is 1. The van der Waals surface area contributed by atoms with E-state index in [4.69, 9.17) is 4.99 Å². The number of nitrogens with zero attached hydrogens (tertiary/aromatic N) is 6. The molecule has 2 aliphatic heterocycles. The van der Waals surface area contributed by atoms with Gasteiger partial charge < -0.3 is 15.1 Å². The van der Waals surface area contributed by atoms with Crippen molar-refractivity contribution >= 4 is 35.9 Å². The second-order valence-electron chi connectivity index (χ2n) is 7.97. The number of aromatic nitrogens is 2. The normalized spacial score (nSPS) is 19.9. The molecule has 2 aromatic rings. The van der Waals surface area contributed by atoms with E-state index in [0.717, 1.165) is 57.7 Å². The molecule has 0 spiro atoms. The molecule has 0 amide bonds. The standard InChI is InChI=1S/C23H33N7.HI/c1-2-24-22(28-14-16-29(17-15-28)23-25-11-7-12-26-23)27-18-21-10-6-13-30(21)19-20-8-4-3-5-9-20;/h3-5,7-9,11-12,21H,2,6,10,13-19H2,1H3,(H,24,27);1H. The summed E-state index contributed by atoms with van der Waals surface area (Å²) in [7, 11) is 0. The number of hydrogen-bond acceptors (Lipinski definition) is 5. The molecule has 3 heterocycles. The van der Waals surface area contributed by atoms with E-state index in [1.165, 1.54) is 24.9 Å². The van der Waals surface area contributed by atoms with E-state index in [-0.39, 0.29) is 24.0 Å². The van der Waals surface area contributed by atoms with Gasteiger partial charge in [-0.25, -0.2) is 9.97 Å². The summed E-state index contributed by atoms with van der Waals surface area (Å²) in [5, 5.41) is 3.50. The quantitative estimate of drug-likeness (QED) is 0.349. The molecule has 31 heavy (non-hydrogen) atoms. The molecule has 0 aliphatic carbocycles. The summed E-state index contributed by atoms with van der Waals surface area (Å²) in [5.74, 6) is 1.86. The topological polar surface area (TPSA) is 59.9 Å². The van der Waals surface area contributed by atoms with Gasteiger partial charge in [0.25, 0.3) is 0 Å². The molecule has 1 unspecified atom stereocenters. The molecule has 7 nitrogen and oxygen atoms in total. The van der Waals surface area contributed by atoms with Crippen molar-refractivity contribution in [3.63, 3.8) is 0 Å². The maximum atomic E-state index is 5.05. The van der Waals surface area contributed by atoms with Gasteiger partial charge in [-0.05, 0) is 37.9 Å². The molecule has 0 radical (unpaired) electrons. The van der Waals surface area contributed by atoms with Crippen molar-refractivity contribution in [3.05, 3.63) is 54.4 Å². The molecule has 2 aliphatic rings. The van der Waals surface area contributed by atoms with Crippen LogP contribution in [0.15, 0.2) is 53.8 Å². The second kappa shape index (κ2) is 12.2. The van der Waals surface area contributed by atoms with Gasteiger partial charge in [0.2, 0.25) is 5.95 Å². The molecule has 1 aromatic carbocycles. The summed E-state index contributed by atoms with van der Waals surface area (Å²) in [6, 6.07) is 13.2. The van der Waals surface area contributed by atoms with Crippen molar-refractivity contribution < 1.29 is 0 Å². The first kappa shape index (κ1) is 23.7. The number of likely N-dealkylation sites (tertiary alicyclic amines) is 1. The summed E-state index contributed by atoms with van der Waals surface area (Å²) < 4.78 is 0. The maximum Gasteiger partial charge on any atom is 0.225 e. The third-order valence-electron chi connectivity index (χ3n) is 5.93. The minimum Gasteiger partial charge on any atom is -0.357 e. The maximum absolute atomic E-state index is 5.05. The van der Waals surface area contributed by atoms with Gasteiger partial charge >= 0.3 is 0 Å². The van der Waals surface area contributed by atoms with E-state index in [2.05, 4.69) is 67.2 Å². The van der Waals surface area contributed by atoms with Gasteiger partial charge in [0.15, 0.2) is 5.96 Å². The van der Waals surface area contributed by atoms with Crippen LogP contribution in [0.4, 0.5) is 5.95 Å². The van der Waals surface area contributed by atoms with Crippen LogP contribution in [-0.4, -0.2) is 77.6 Å². The average Bonchev–Trinajstić information content (AvgIpc) is 3.25. The van der Waals surface area contributed by atoms with Crippen molar-refractivity contribution in [3.8, 4) is 0 Å². The van der Waals surface area contributed by atoms with E-state index >= 15 is 0 Å². The summed E-state index contributed by atoms with van der Waals surface area (Å²) in [5.41, 5.74) is 1.39. The van der Waals surface area contributed by atoms with Crippen LogP contribution >= 0.6 is 24.0 Å². The van der Waals surface area contributed by atoms with Gasteiger partial charge in [-0.2, -0.15) is 0 Å². The lowest BCUT2D eigenvalue weighted by Crippen LogP contribution is -2.53. The summed E-state index contributed by atoms with van der Waals surface area (Å²) >= 11 is 0. The van der Waals surface area contributed by atoms with E-state index in [1.54, 1.807) is 0 Å². The Kier molecular flexibility index (Phi) is 9.32. The fraction of sp³-hybridized carbons (Fsp3) is 0.522. The fourth-order valence-corrected chi connectivity index (χ4v) is 4.32. The number of benzene rings is 1. The Hall–Kier alpha value is -1.94. The van der Waals surface area contributed by atoms with E-state index in [9.17, 15) is 0 Å². The molecule has 4 rings (SSSR count). The first-order valence-electron chi connectivity index (χ1n) is 11.2. The van der Waals surface area contributed by atoms with Crippen molar-refractivity contribution in [2.24, 2.45) is 4.99 Å². The number of rotatable bonds is 6. The first-order valence-corrected chi connectivity index (χ1v) is 11.2. The van der Waals surface area contributed by atoms with Crippen molar-refractivity contribution in [2.75, 3.05) is 50.7 Å². The molecule has 168 valence electrons. The number of nitrogens with one attached hydrogen (secondary N) is 1. The van der Waals surface area contributed by atoms with Crippen LogP contribution in [0.1, 0.15) is 25.3 Å². The smallest absolute Gasteiger partial charge is 0.225 e. The molecule has 1 atom stereocenters. The highest BCUT2D eigenvalue weighted by Gasteiger charge is 2.25. The van der Waals surface area contributed by atoms with Crippen LogP contribution in [0.3, 0.4) is 0 Å².